The van der Waals surface area contributed by atoms with Crippen LogP contribution in [0.3, 0.4) is 0 Å². The zero-order valence-electron chi connectivity index (χ0n) is 5.22. The zero-order chi connectivity index (χ0) is 6.69. The average Bonchev–Trinajstić information content (AvgIpc) is 1.88. The Morgan fingerprint density at radius 3 is 3.11 bits per heavy atom. The van der Waals surface area contributed by atoms with Crippen LogP contribution in [-0.2, 0) is 4.74 Å². The molecule has 1 atom stereocenters. The van der Waals surface area contributed by atoms with Crippen molar-refractivity contribution >= 4 is 28.3 Å². The van der Waals surface area contributed by atoms with Crippen molar-refractivity contribution in [1.82, 2.24) is 5.32 Å². The Kier molecular flexibility index (Phi) is 2.75. The minimum Gasteiger partial charge on any atom is -0.362 e. The van der Waals surface area contributed by atoms with Gasteiger partial charge in [0.15, 0.2) is 0 Å². The molecular weight excluding hydrogens is 154 g/mol. The molecule has 0 bridgehead atoms. The molecule has 9 heavy (non-hydrogen) atoms. The number of hydrogen-bond donors (Lipinski definition) is 1. The molecule has 1 fully saturated rings. The number of hydrogen-bond acceptors (Lipinski definition) is 3. The highest BCUT2D eigenvalue weighted by molar-refractivity contribution is 8.23. The summed E-state index contributed by atoms with van der Waals surface area (Å²) in [5.41, 5.74) is 0. The van der Waals surface area contributed by atoms with Crippen LogP contribution in [-0.4, -0.2) is 23.4 Å². The van der Waals surface area contributed by atoms with Crippen molar-refractivity contribution in [1.29, 1.82) is 0 Å². The molecule has 0 aromatic carbocycles. The quantitative estimate of drug-likeness (QED) is 0.581. The fourth-order valence-electron chi connectivity index (χ4n) is 0.681. The second kappa shape index (κ2) is 3.39. The maximum atomic E-state index is 5.05. The van der Waals surface area contributed by atoms with E-state index in [9.17, 15) is 0 Å². The van der Waals surface area contributed by atoms with Gasteiger partial charge in [0, 0.05) is 19.3 Å². The smallest absolute Gasteiger partial charge is 0.135 e. The third-order valence-electron chi connectivity index (χ3n) is 1.18. The molecular formula is C5H9NOS2. The van der Waals surface area contributed by atoms with Crippen molar-refractivity contribution in [3.8, 4) is 0 Å². The highest BCUT2D eigenvalue weighted by Gasteiger charge is 2.13. The largest absolute Gasteiger partial charge is 0.362 e. The van der Waals surface area contributed by atoms with Gasteiger partial charge in [0.05, 0.1) is 0 Å². The SMILES string of the molecule is CO[C@@H]1CCSC(=S)N1. The summed E-state index contributed by atoms with van der Waals surface area (Å²) in [4.78, 5) is 0. The van der Waals surface area contributed by atoms with Crippen molar-refractivity contribution in [2.24, 2.45) is 0 Å². The van der Waals surface area contributed by atoms with Crippen LogP contribution in [0.25, 0.3) is 0 Å². The molecule has 1 heterocycles. The Labute approximate surface area is 64.3 Å². The Morgan fingerprint density at radius 2 is 2.67 bits per heavy atom. The number of thioether (sulfide) groups is 1. The Hall–Kier alpha value is 0.200. The molecule has 0 saturated carbocycles. The number of rotatable bonds is 1. The lowest BCUT2D eigenvalue weighted by molar-refractivity contribution is 0.0887. The lowest BCUT2D eigenvalue weighted by Crippen LogP contribution is -2.37. The van der Waals surface area contributed by atoms with Crippen LogP contribution in [0, 0.1) is 0 Å². The van der Waals surface area contributed by atoms with Gasteiger partial charge in [0.2, 0.25) is 0 Å². The van der Waals surface area contributed by atoms with E-state index in [1.54, 1.807) is 18.9 Å². The summed E-state index contributed by atoms with van der Waals surface area (Å²) in [6.07, 6.45) is 1.19. The van der Waals surface area contributed by atoms with Gasteiger partial charge in [-0.2, -0.15) is 0 Å². The number of methoxy groups -OCH3 is 1. The number of nitrogens with one attached hydrogen (secondary N) is 1. The van der Waals surface area contributed by atoms with E-state index in [0.717, 1.165) is 16.5 Å². The topological polar surface area (TPSA) is 21.3 Å². The molecule has 52 valence electrons. The van der Waals surface area contributed by atoms with Gasteiger partial charge in [0.1, 0.15) is 10.5 Å². The van der Waals surface area contributed by atoms with E-state index < -0.39 is 0 Å². The number of ether oxygens (including phenoxy) is 1. The van der Waals surface area contributed by atoms with Crippen molar-refractivity contribution in [2.75, 3.05) is 12.9 Å². The summed E-state index contributed by atoms with van der Waals surface area (Å²) >= 11 is 6.60. The van der Waals surface area contributed by atoms with Crippen molar-refractivity contribution < 1.29 is 4.74 Å². The van der Waals surface area contributed by atoms with E-state index in [4.69, 9.17) is 17.0 Å². The first-order valence-electron chi connectivity index (χ1n) is 2.79. The highest BCUT2D eigenvalue weighted by Crippen LogP contribution is 2.13. The van der Waals surface area contributed by atoms with E-state index in [-0.39, 0.29) is 6.23 Å². The van der Waals surface area contributed by atoms with Gasteiger partial charge in [-0.15, -0.1) is 0 Å². The van der Waals surface area contributed by atoms with E-state index >= 15 is 0 Å². The molecule has 0 unspecified atom stereocenters. The highest BCUT2D eigenvalue weighted by atomic mass is 32.2. The summed E-state index contributed by atoms with van der Waals surface area (Å²) in [6.45, 7) is 0. The van der Waals surface area contributed by atoms with Gasteiger partial charge in [-0.3, -0.25) is 0 Å². The Bertz CT molecular complexity index is 118. The fraction of sp³-hybridized carbons (Fsp3) is 0.800. The van der Waals surface area contributed by atoms with Crippen LogP contribution < -0.4 is 5.32 Å². The maximum Gasteiger partial charge on any atom is 0.135 e. The molecule has 0 radical (unpaired) electrons. The number of thiocarbonyl (C=S) groups is 1. The summed E-state index contributed by atoms with van der Waals surface area (Å²) in [7, 11) is 1.69. The first-order valence-corrected chi connectivity index (χ1v) is 4.18. The van der Waals surface area contributed by atoms with Crippen LogP contribution in [0.4, 0.5) is 0 Å². The molecule has 2 nitrogen and oxygen atoms in total. The zero-order valence-corrected chi connectivity index (χ0v) is 6.85. The predicted molar refractivity (Wildman–Crippen MR) is 43.6 cm³/mol. The van der Waals surface area contributed by atoms with Crippen LogP contribution >= 0.6 is 24.0 Å². The van der Waals surface area contributed by atoms with Crippen LogP contribution in [0.2, 0.25) is 0 Å². The van der Waals surface area contributed by atoms with Gasteiger partial charge in [-0.05, 0) is 0 Å². The van der Waals surface area contributed by atoms with Gasteiger partial charge >= 0.3 is 0 Å². The van der Waals surface area contributed by atoms with Crippen LogP contribution in [0.1, 0.15) is 6.42 Å². The monoisotopic (exact) mass is 163 g/mol. The second-order valence-corrected chi connectivity index (χ2v) is 3.57. The molecule has 0 aromatic heterocycles. The molecule has 0 aliphatic carbocycles. The standard InChI is InChI=1S/C5H9NOS2/c1-7-4-2-3-9-5(8)6-4/h4H,2-3H2,1H3,(H,6,8)/t4-/m1/s1. The summed E-state index contributed by atoms with van der Waals surface area (Å²) in [5, 5.41) is 3.04. The minimum absolute atomic E-state index is 0.152. The van der Waals surface area contributed by atoms with E-state index in [0.29, 0.717) is 0 Å². The van der Waals surface area contributed by atoms with Gasteiger partial charge in [-0.1, -0.05) is 24.0 Å². The third kappa shape index (κ3) is 2.12. The molecule has 0 amide bonds. The molecule has 0 spiro atoms. The summed E-state index contributed by atoms with van der Waals surface area (Å²) in [5.74, 6) is 1.07. The summed E-state index contributed by atoms with van der Waals surface area (Å²) < 4.78 is 5.90. The summed E-state index contributed by atoms with van der Waals surface area (Å²) in [6, 6.07) is 0. The molecule has 1 rings (SSSR count). The Balaban J connectivity index is 2.32. The van der Waals surface area contributed by atoms with Crippen LogP contribution in [0.5, 0.6) is 0 Å². The molecule has 1 aliphatic rings. The molecule has 1 N–H and O–H groups in total. The lowest BCUT2D eigenvalue weighted by atomic mass is 10.4. The van der Waals surface area contributed by atoms with E-state index in [1.807, 2.05) is 0 Å². The van der Waals surface area contributed by atoms with E-state index in [1.165, 1.54) is 0 Å². The minimum atomic E-state index is 0.152. The maximum absolute atomic E-state index is 5.05. The fourth-order valence-corrected chi connectivity index (χ4v) is 1.79. The molecule has 4 heteroatoms. The second-order valence-electron chi connectivity index (χ2n) is 1.79. The average molecular weight is 163 g/mol. The van der Waals surface area contributed by atoms with Crippen LogP contribution in [0.15, 0.2) is 0 Å². The normalized spacial score (nSPS) is 27.7. The Morgan fingerprint density at radius 1 is 1.89 bits per heavy atom. The molecule has 1 aliphatic heterocycles. The first-order chi connectivity index (χ1) is 4.33. The van der Waals surface area contributed by atoms with E-state index in [2.05, 4.69) is 5.32 Å². The van der Waals surface area contributed by atoms with Crippen molar-refractivity contribution in [2.45, 2.75) is 12.6 Å². The molecule has 0 aromatic rings. The van der Waals surface area contributed by atoms with Gasteiger partial charge < -0.3 is 10.1 Å². The van der Waals surface area contributed by atoms with Gasteiger partial charge in [-0.25, -0.2) is 0 Å². The predicted octanol–water partition coefficient (Wildman–Crippen LogP) is 0.970. The molecule has 1 saturated heterocycles. The van der Waals surface area contributed by atoms with Gasteiger partial charge in [0.25, 0.3) is 0 Å². The lowest BCUT2D eigenvalue weighted by Gasteiger charge is -2.22. The first kappa shape index (κ1) is 7.31. The third-order valence-corrected chi connectivity index (χ3v) is 2.47. The van der Waals surface area contributed by atoms with Crippen molar-refractivity contribution in [3.05, 3.63) is 0 Å². The van der Waals surface area contributed by atoms with Crippen molar-refractivity contribution in [3.63, 3.8) is 0 Å².